The fourth-order valence-corrected chi connectivity index (χ4v) is 2.40. The van der Waals surface area contributed by atoms with Crippen LogP contribution >= 0.6 is 0 Å². The van der Waals surface area contributed by atoms with Gasteiger partial charge in [-0.2, -0.15) is 5.10 Å². The first kappa shape index (κ1) is 17.1. The minimum Gasteiger partial charge on any atom is -0.338 e. The summed E-state index contributed by atoms with van der Waals surface area (Å²) < 4.78 is 1.88. The summed E-state index contributed by atoms with van der Waals surface area (Å²) in [5.41, 5.74) is 2.27. The summed E-state index contributed by atoms with van der Waals surface area (Å²) in [4.78, 5) is 11.8. The third-order valence-corrected chi connectivity index (χ3v) is 3.69. The fraction of sp³-hybridized carbons (Fsp3) is 0.444. The molecule has 2 aromatic rings. The largest absolute Gasteiger partial charge is 0.338 e. The molecule has 0 aliphatic carbocycles. The molecule has 0 saturated heterocycles. The summed E-state index contributed by atoms with van der Waals surface area (Å²) in [6.07, 6.45) is 5.85. The van der Waals surface area contributed by atoms with Crippen LogP contribution in [0.1, 0.15) is 37.8 Å². The molecule has 0 aliphatic rings. The number of nitrogens with one attached hydrogen (secondary N) is 2. The maximum atomic E-state index is 11.8. The van der Waals surface area contributed by atoms with Crippen molar-refractivity contribution < 1.29 is 4.79 Å². The lowest BCUT2D eigenvalue weighted by molar-refractivity contribution is 0.240. The number of nitrogens with zero attached hydrogens (tertiary/aromatic N) is 2. The van der Waals surface area contributed by atoms with E-state index in [0.717, 1.165) is 30.5 Å². The van der Waals surface area contributed by atoms with Crippen LogP contribution < -0.4 is 10.6 Å². The molecular formula is C18H26N4O. The van der Waals surface area contributed by atoms with Crippen molar-refractivity contribution in [2.45, 2.75) is 39.8 Å². The van der Waals surface area contributed by atoms with Crippen LogP contribution in [-0.4, -0.2) is 22.4 Å². The summed E-state index contributed by atoms with van der Waals surface area (Å²) in [5.74, 6) is 0.675. The predicted molar refractivity (Wildman–Crippen MR) is 92.1 cm³/mol. The Kier molecular flexibility index (Phi) is 6.66. The number of aromatic nitrogens is 2. The molecule has 0 radical (unpaired) electrons. The van der Waals surface area contributed by atoms with Crippen molar-refractivity contribution in [1.29, 1.82) is 0 Å². The minimum absolute atomic E-state index is 0.109. The number of carbonyl (C=O) groups is 1. The molecule has 5 nitrogen and oxygen atoms in total. The van der Waals surface area contributed by atoms with Gasteiger partial charge in [0.05, 0.1) is 6.54 Å². The molecule has 1 heterocycles. The van der Waals surface area contributed by atoms with Gasteiger partial charge in [0, 0.05) is 25.5 Å². The zero-order valence-corrected chi connectivity index (χ0v) is 14.0. The molecule has 1 aromatic heterocycles. The summed E-state index contributed by atoms with van der Waals surface area (Å²) in [7, 11) is 0. The van der Waals surface area contributed by atoms with Crippen molar-refractivity contribution in [1.82, 2.24) is 20.4 Å². The first-order valence-corrected chi connectivity index (χ1v) is 8.21. The number of hydrogen-bond acceptors (Lipinski definition) is 2. The van der Waals surface area contributed by atoms with Crippen LogP contribution in [0.4, 0.5) is 4.79 Å². The van der Waals surface area contributed by atoms with E-state index in [-0.39, 0.29) is 6.03 Å². The highest BCUT2D eigenvalue weighted by Crippen LogP contribution is 2.10. The molecule has 0 fully saturated rings. The van der Waals surface area contributed by atoms with Crippen molar-refractivity contribution in [2.75, 3.05) is 6.54 Å². The van der Waals surface area contributed by atoms with Gasteiger partial charge in [-0.05, 0) is 36.0 Å². The van der Waals surface area contributed by atoms with Crippen LogP contribution in [-0.2, 0) is 13.1 Å². The van der Waals surface area contributed by atoms with Gasteiger partial charge in [-0.15, -0.1) is 0 Å². The summed E-state index contributed by atoms with van der Waals surface area (Å²) >= 11 is 0. The molecule has 2 N–H and O–H groups in total. The van der Waals surface area contributed by atoms with E-state index in [1.54, 1.807) is 6.20 Å². The molecule has 124 valence electrons. The van der Waals surface area contributed by atoms with Crippen LogP contribution in [0.2, 0.25) is 0 Å². The Bertz CT molecular complexity index is 593. The number of amides is 2. The van der Waals surface area contributed by atoms with Gasteiger partial charge in [-0.1, -0.05) is 38.1 Å². The lowest BCUT2D eigenvalue weighted by atomic mass is 10.1. The highest BCUT2D eigenvalue weighted by Gasteiger charge is 2.05. The van der Waals surface area contributed by atoms with Crippen LogP contribution in [0.5, 0.6) is 0 Å². The number of urea groups is 1. The van der Waals surface area contributed by atoms with Gasteiger partial charge >= 0.3 is 6.03 Å². The molecule has 2 amide bonds. The molecule has 5 heteroatoms. The van der Waals surface area contributed by atoms with E-state index in [1.807, 2.05) is 35.1 Å². The van der Waals surface area contributed by atoms with E-state index in [9.17, 15) is 4.79 Å². The summed E-state index contributed by atoms with van der Waals surface area (Å²) in [5, 5.41) is 10.1. The maximum Gasteiger partial charge on any atom is 0.315 e. The second kappa shape index (κ2) is 8.98. The van der Waals surface area contributed by atoms with Crippen molar-refractivity contribution in [3.8, 4) is 0 Å². The second-order valence-electron chi connectivity index (χ2n) is 6.12. The Balaban J connectivity index is 1.80. The molecule has 0 bridgehead atoms. The van der Waals surface area contributed by atoms with E-state index in [1.165, 1.54) is 0 Å². The van der Waals surface area contributed by atoms with Gasteiger partial charge in [0.2, 0.25) is 0 Å². The van der Waals surface area contributed by atoms with Gasteiger partial charge < -0.3 is 10.6 Å². The Labute approximate surface area is 138 Å². The normalized spacial score (nSPS) is 10.7. The predicted octanol–water partition coefficient (Wildman–Crippen LogP) is 3.17. The molecule has 23 heavy (non-hydrogen) atoms. The van der Waals surface area contributed by atoms with E-state index >= 15 is 0 Å². The number of benzene rings is 1. The summed E-state index contributed by atoms with van der Waals surface area (Å²) in [6, 6.07) is 9.91. The fourth-order valence-electron chi connectivity index (χ4n) is 2.40. The second-order valence-corrected chi connectivity index (χ2v) is 6.12. The van der Waals surface area contributed by atoms with Gasteiger partial charge in [-0.3, -0.25) is 4.68 Å². The van der Waals surface area contributed by atoms with E-state index < -0.39 is 0 Å². The van der Waals surface area contributed by atoms with Crippen LogP contribution in [0, 0.1) is 5.92 Å². The lowest BCUT2D eigenvalue weighted by Crippen LogP contribution is -2.35. The van der Waals surface area contributed by atoms with Crippen molar-refractivity contribution in [3.63, 3.8) is 0 Å². The van der Waals surface area contributed by atoms with E-state index in [2.05, 4.69) is 35.6 Å². The minimum atomic E-state index is -0.109. The molecular weight excluding hydrogens is 288 g/mol. The van der Waals surface area contributed by atoms with Crippen LogP contribution in [0.15, 0.2) is 42.7 Å². The van der Waals surface area contributed by atoms with Crippen molar-refractivity contribution in [3.05, 3.63) is 53.9 Å². The maximum absolute atomic E-state index is 11.8. The average molecular weight is 314 g/mol. The highest BCUT2D eigenvalue weighted by atomic mass is 16.2. The molecule has 0 unspecified atom stereocenters. The Hall–Kier alpha value is -2.30. The molecule has 0 aliphatic heterocycles. The third-order valence-electron chi connectivity index (χ3n) is 3.69. The number of rotatable bonds is 8. The lowest BCUT2D eigenvalue weighted by Gasteiger charge is -2.12. The topological polar surface area (TPSA) is 59.0 Å². The zero-order valence-electron chi connectivity index (χ0n) is 14.0. The average Bonchev–Trinajstić information content (AvgIpc) is 3.03. The number of hydrogen-bond donors (Lipinski definition) is 2. The van der Waals surface area contributed by atoms with Crippen molar-refractivity contribution >= 4 is 6.03 Å². The van der Waals surface area contributed by atoms with E-state index in [4.69, 9.17) is 0 Å². The molecule has 0 atom stereocenters. The molecule has 2 rings (SSSR count). The van der Waals surface area contributed by atoms with E-state index in [0.29, 0.717) is 19.0 Å². The van der Waals surface area contributed by atoms with Crippen LogP contribution in [0.25, 0.3) is 0 Å². The van der Waals surface area contributed by atoms with Gasteiger partial charge in [0.15, 0.2) is 0 Å². The van der Waals surface area contributed by atoms with Crippen LogP contribution in [0.3, 0.4) is 0 Å². The number of carbonyl (C=O) groups excluding carboxylic acids is 1. The first-order chi connectivity index (χ1) is 11.1. The first-order valence-electron chi connectivity index (χ1n) is 8.21. The Morgan fingerprint density at radius 2 is 1.96 bits per heavy atom. The molecule has 0 spiro atoms. The molecule has 1 aromatic carbocycles. The Morgan fingerprint density at radius 1 is 1.17 bits per heavy atom. The summed E-state index contributed by atoms with van der Waals surface area (Å²) in [6.45, 7) is 6.33. The zero-order chi connectivity index (χ0) is 16.5. The smallest absolute Gasteiger partial charge is 0.315 e. The van der Waals surface area contributed by atoms with Gasteiger partial charge in [0.1, 0.15) is 0 Å². The third kappa shape index (κ3) is 6.14. The highest BCUT2D eigenvalue weighted by molar-refractivity contribution is 5.73. The monoisotopic (exact) mass is 314 g/mol. The van der Waals surface area contributed by atoms with Crippen molar-refractivity contribution in [2.24, 2.45) is 5.92 Å². The quantitative estimate of drug-likeness (QED) is 0.735. The molecule has 0 saturated carbocycles. The Morgan fingerprint density at radius 3 is 2.65 bits per heavy atom. The van der Waals surface area contributed by atoms with Gasteiger partial charge in [-0.25, -0.2) is 4.79 Å². The van der Waals surface area contributed by atoms with Gasteiger partial charge in [0.25, 0.3) is 0 Å². The standard InChI is InChI=1S/C18H26N4O/c1-15(2)7-5-10-19-18(23)20-13-16-8-3-4-9-17(16)14-22-12-6-11-21-22/h3-4,6,8-9,11-12,15H,5,7,10,13-14H2,1-2H3,(H2,19,20,23). The SMILES string of the molecule is CC(C)CCCNC(=O)NCc1ccccc1Cn1cccn1.